The number of pyridine rings is 1. The number of carbonyl (C=O) groups is 2. The molecule has 34 heavy (non-hydrogen) atoms. The van der Waals surface area contributed by atoms with E-state index in [2.05, 4.69) is 5.32 Å². The van der Waals surface area contributed by atoms with Gasteiger partial charge in [0.25, 0.3) is 11.8 Å². The molecule has 2 aromatic heterocycles. The SMILES string of the molecule is CCOc1ccccc1CNC(=O)c1ccc(C)nc1C1CCN(C(=O)c2ccc(Cl)o2)CC1. The Kier molecular flexibility index (Phi) is 7.53. The lowest BCUT2D eigenvalue weighted by Crippen LogP contribution is -2.38. The fourth-order valence-corrected chi connectivity index (χ4v) is 4.38. The lowest BCUT2D eigenvalue weighted by Gasteiger charge is -2.32. The van der Waals surface area contributed by atoms with Crippen LogP contribution in [0, 0.1) is 6.92 Å². The van der Waals surface area contributed by atoms with Crippen LogP contribution < -0.4 is 10.1 Å². The third-order valence-corrected chi connectivity index (χ3v) is 6.18. The van der Waals surface area contributed by atoms with Crippen molar-refractivity contribution in [1.29, 1.82) is 0 Å². The predicted molar refractivity (Wildman–Crippen MR) is 129 cm³/mol. The van der Waals surface area contributed by atoms with Crippen LogP contribution in [0.5, 0.6) is 5.75 Å². The minimum atomic E-state index is -0.173. The summed E-state index contributed by atoms with van der Waals surface area (Å²) in [5.41, 5.74) is 3.13. The summed E-state index contributed by atoms with van der Waals surface area (Å²) >= 11 is 5.81. The maximum Gasteiger partial charge on any atom is 0.289 e. The van der Waals surface area contributed by atoms with Gasteiger partial charge in [-0.3, -0.25) is 14.6 Å². The molecule has 4 rings (SSSR count). The van der Waals surface area contributed by atoms with Crippen LogP contribution in [0.2, 0.25) is 5.22 Å². The first kappa shape index (κ1) is 23.8. The molecular weight excluding hydrogens is 454 g/mol. The van der Waals surface area contributed by atoms with Crippen molar-refractivity contribution in [2.45, 2.75) is 39.2 Å². The molecule has 1 saturated heterocycles. The number of benzene rings is 1. The van der Waals surface area contributed by atoms with Gasteiger partial charge in [-0.1, -0.05) is 18.2 Å². The second-order valence-corrected chi connectivity index (χ2v) is 8.65. The molecule has 3 heterocycles. The summed E-state index contributed by atoms with van der Waals surface area (Å²) in [5.74, 6) is 0.749. The predicted octanol–water partition coefficient (Wildman–Crippen LogP) is 4.98. The number of nitrogens with zero attached hydrogens (tertiary/aromatic N) is 2. The average Bonchev–Trinajstić information content (AvgIpc) is 3.29. The summed E-state index contributed by atoms with van der Waals surface area (Å²) in [4.78, 5) is 32.3. The van der Waals surface area contributed by atoms with E-state index in [4.69, 9.17) is 25.7 Å². The molecule has 1 N–H and O–H groups in total. The maximum absolute atomic E-state index is 13.1. The van der Waals surface area contributed by atoms with Crippen LogP contribution in [-0.2, 0) is 6.54 Å². The number of halogens is 1. The number of aromatic nitrogens is 1. The number of piperidine rings is 1. The third-order valence-electron chi connectivity index (χ3n) is 5.97. The smallest absolute Gasteiger partial charge is 0.289 e. The van der Waals surface area contributed by atoms with Gasteiger partial charge < -0.3 is 19.4 Å². The highest BCUT2D eigenvalue weighted by Gasteiger charge is 2.29. The van der Waals surface area contributed by atoms with Crippen molar-refractivity contribution >= 4 is 23.4 Å². The molecule has 0 unspecified atom stereocenters. The molecule has 178 valence electrons. The van der Waals surface area contributed by atoms with Crippen LogP contribution in [0.1, 0.15) is 63.5 Å². The molecule has 0 saturated carbocycles. The molecule has 1 aromatic carbocycles. The van der Waals surface area contributed by atoms with E-state index in [1.807, 2.05) is 50.2 Å². The first-order chi connectivity index (χ1) is 16.5. The monoisotopic (exact) mass is 481 g/mol. The second-order valence-electron chi connectivity index (χ2n) is 8.28. The van der Waals surface area contributed by atoms with Gasteiger partial charge in [0.15, 0.2) is 11.0 Å². The quantitative estimate of drug-likeness (QED) is 0.514. The summed E-state index contributed by atoms with van der Waals surface area (Å²) in [6.45, 7) is 5.89. The van der Waals surface area contributed by atoms with Crippen LogP contribution in [0.4, 0.5) is 0 Å². The van der Waals surface area contributed by atoms with Gasteiger partial charge in [-0.2, -0.15) is 0 Å². The number of para-hydroxylation sites is 1. The second kappa shape index (κ2) is 10.7. The highest BCUT2D eigenvalue weighted by atomic mass is 35.5. The lowest BCUT2D eigenvalue weighted by molar-refractivity contribution is 0.0678. The molecule has 1 aliphatic rings. The summed E-state index contributed by atoms with van der Waals surface area (Å²) in [5, 5.41) is 3.21. The molecule has 0 aliphatic carbocycles. The Morgan fingerprint density at radius 3 is 2.62 bits per heavy atom. The Balaban J connectivity index is 1.44. The Labute approximate surface area is 204 Å². The summed E-state index contributed by atoms with van der Waals surface area (Å²) in [6.07, 6.45) is 1.42. The lowest BCUT2D eigenvalue weighted by atomic mass is 9.89. The van der Waals surface area contributed by atoms with Crippen molar-refractivity contribution < 1.29 is 18.7 Å². The highest BCUT2D eigenvalue weighted by Crippen LogP contribution is 2.30. The van der Waals surface area contributed by atoms with Crippen LogP contribution in [-0.4, -0.2) is 41.4 Å². The third kappa shape index (κ3) is 5.42. The average molecular weight is 482 g/mol. The van der Waals surface area contributed by atoms with Crippen LogP contribution in [0.15, 0.2) is 52.9 Å². The number of likely N-dealkylation sites (tertiary alicyclic amines) is 1. The van der Waals surface area contributed by atoms with E-state index in [0.29, 0.717) is 44.6 Å². The van der Waals surface area contributed by atoms with Gasteiger partial charge in [0.1, 0.15) is 5.75 Å². The van der Waals surface area contributed by atoms with Crippen molar-refractivity contribution in [3.63, 3.8) is 0 Å². The van der Waals surface area contributed by atoms with Crippen molar-refractivity contribution in [2.24, 2.45) is 0 Å². The topological polar surface area (TPSA) is 84.7 Å². The maximum atomic E-state index is 13.1. The largest absolute Gasteiger partial charge is 0.494 e. The van der Waals surface area contributed by atoms with Crippen molar-refractivity contribution in [1.82, 2.24) is 15.2 Å². The molecule has 2 amide bonds. The molecule has 7 nitrogen and oxygen atoms in total. The number of aryl methyl sites for hydroxylation is 1. The number of carbonyl (C=O) groups excluding carboxylic acids is 2. The molecule has 0 radical (unpaired) electrons. The van der Waals surface area contributed by atoms with E-state index in [1.165, 1.54) is 0 Å². The fraction of sp³-hybridized carbons (Fsp3) is 0.346. The minimum Gasteiger partial charge on any atom is -0.494 e. The molecule has 3 aromatic rings. The van der Waals surface area contributed by atoms with E-state index in [-0.39, 0.29) is 28.7 Å². The molecule has 0 spiro atoms. The number of nitrogens with one attached hydrogen (secondary N) is 1. The Morgan fingerprint density at radius 2 is 1.91 bits per heavy atom. The number of furan rings is 1. The van der Waals surface area contributed by atoms with Crippen LogP contribution in [0.3, 0.4) is 0 Å². The van der Waals surface area contributed by atoms with Gasteiger partial charge in [-0.15, -0.1) is 0 Å². The van der Waals surface area contributed by atoms with E-state index in [9.17, 15) is 9.59 Å². The fourth-order valence-electron chi connectivity index (χ4n) is 4.24. The van der Waals surface area contributed by atoms with E-state index >= 15 is 0 Å². The number of ether oxygens (including phenoxy) is 1. The van der Waals surface area contributed by atoms with Crippen molar-refractivity contribution in [2.75, 3.05) is 19.7 Å². The van der Waals surface area contributed by atoms with Gasteiger partial charge in [0.2, 0.25) is 0 Å². The van der Waals surface area contributed by atoms with E-state index < -0.39 is 0 Å². The Morgan fingerprint density at radius 1 is 1.15 bits per heavy atom. The summed E-state index contributed by atoms with van der Waals surface area (Å²) < 4.78 is 10.9. The summed E-state index contributed by atoms with van der Waals surface area (Å²) in [7, 11) is 0. The molecular formula is C26H28ClN3O4. The number of hydrogen-bond donors (Lipinski definition) is 1. The minimum absolute atomic E-state index is 0.0839. The molecule has 0 bridgehead atoms. The molecule has 0 atom stereocenters. The van der Waals surface area contributed by atoms with Gasteiger partial charge in [-0.25, -0.2) is 0 Å². The van der Waals surface area contributed by atoms with Gasteiger partial charge in [0.05, 0.1) is 17.9 Å². The van der Waals surface area contributed by atoms with Gasteiger partial charge in [0, 0.05) is 36.8 Å². The normalized spacial score (nSPS) is 14.1. The number of rotatable bonds is 7. The zero-order valence-corrected chi connectivity index (χ0v) is 20.1. The first-order valence-electron chi connectivity index (χ1n) is 11.5. The van der Waals surface area contributed by atoms with E-state index in [0.717, 1.165) is 22.7 Å². The van der Waals surface area contributed by atoms with Gasteiger partial charge in [-0.05, 0) is 68.6 Å². The molecule has 1 fully saturated rings. The molecule has 1 aliphatic heterocycles. The molecule has 8 heteroatoms. The zero-order chi connectivity index (χ0) is 24.1. The number of hydrogen-bond acceptors (Lipinski definition) is 5. The van der Waals surface area contributed by atoms with E-state index in [1.54, 1.807) is 17.0 Å². The Bertz CT molecular complexity index is 1170. The highest BCUT2D eigenvalue weighted by molar-refractivity contribution is 6.29. The summed E-state index contributed by atoms with van der Waals surface area (Å²) in [6, 6.07) is 14.5. The van der Waals surface area contributed by atoms with Crippen molar-refractivity contribution in [3.8, 4) is 5.75 Å². The number of amides is 2. The van der Waals surface area contributed by atoms with Crippen LogP contribution >= 0.6 is 11.6 Å². The van der Waals surface area contributed by atoms with Crippen LogP contribution in [0.25, 0.3) is 0 Å². The standard InChI is InChI=1S/C26H28ClN3O4/c1-3-33-21-7-5-4-6-19(21)16-28-25(31)20-9-8-17(2)29-24(20)18-12-14-30(15-13-18)26(32)22-10-11-23(27)34-22/h4-11,18H,3,12-16H2,1-2H3,(H,28,31). The first-order valence-corrected chi connectivity index (χ1v) is 11.8. The Hall–Kier alpha value is -3.32. The van der Waals surface area contributed by atoms with Gasteiger partial charge >= 0.3 is 0 Å². The van der Waals surface area contributed by atoms with Crippen molar-refractivity contribution in [3.05, 3.63) is 82.0 Å². The zero-order valence-electron chi connectivity index (χ0n) is 19.3.